The fourth-order valence-corrected chi connectivity index (χ4v) is 1.72. The summed E-state index contributed by atoms with van der Waals surface area (Å²) < 4.78 is 163. The third-order valence-corrected chi connectivity index (χ3v) is 3.36. The number of halogens is 13. The summed E-state index contributed by atoms with van der Waals surface area (Å²) in [6.07, 6.45) is -7.39. The Labute approximate surface area is 123 Å². The molecule has 0 spiro atoms. The minimum absolute atomic E-state index is 0.822. The van der Waals surface area contributed by atoms with Crippen LogP contribution in [-0.4, -0.2) is 47.4 Å². The highest BCUT2D eigenvalue weighted by Crippen LogP contribution is 2.61. The van der Waals surface area contributed by atoms with Crippen LogP contribution in [0.4, 0.5) is 57.1 Å². The molecule has 23 heavy (non-hydrogen) atoms. The van der Waals surface area contributed by atoms with Crippen molar-refractivity contribution in [3.63, 3.8) is 0 Å². The lowest BCUT2D eigenvalue weighted by Gasteiger charge is -2.39. The van der Waals surface area contributed by atoms with E-state index in [1.54, 1.807) is 0 Å². The average Bonchev–Trinajstić information content (AvgIpc) is 2.34. The number of nitrogens with two attached hydrogens (primary N) is 1. The Hall–Kier alpha value is -0.600. The van der Waals surface area contributed by atoms with Crippen LogP contribution in [0, 0.1) is 0 Å². The second-order valence-electron chi connectivity index (χ2n) is 3.95. The molecule has 0 aliphatic rings. The topological polar surface area (TPSA) is 26.0 Å². The average molecular weight is 395 g/mol. The summed E-state index contributed by atoms with van der Waals surface area (Å²) in [6.45, 7) is -0.822. The Kier molecular flexibility index (Phi) is 5.88. The first-order chi connectivity index (χ1) is 9.81. The number of thioether (sulfide) groups is 1. The second-order valence-corrected chi connectivity index (χ2v) is 5.16. The molecule has 1 nitrogen and oxygen atoms in total. The Balaban J connectivity index is 6.03. The first-order valence-corrected chi connectivity index (χ1v) is 6.09. The fourth-order valence-electron chi connectivity index (χ4n) is 1.03. The van der Waals surface area contributed by atoms with E-state index in [-0.39, 0.29) is 0 Å². The van der Waals surface area contributed by atoms with Gasteiger partial charge >= 0.3 is 35.1 Å². The summed E-state index contributed by atoms with van der Waals surface area (Å²) in [5, 5.41) is -6.10. The molecule has 0 heterocycles. The molecule has 140 valence electrons. The van der Waals surface area contributed by atoms with Gasteiger partial charge in [-0.05, 0) is 0 Å². The zero-order valence-corrected chi connectivity index (χ0v) is 11.1. The van der Waals surface area contributed by atoms with Gasteiger partial charge < -0.3 is 5.73 Å². The molecule has 0 atom stereocenters. The monoisotopic (exact) mass is 395 g/mol. The standard InChI is InChI=1S/C8H6F13NS/c9-3(10,5(13,14)7(17,18)19)4(11,12)6(15,16)8(20,21)23-2-1-22/h1-2,22H2. The van der Waals surface area contributed by atoms with Crippen LogP contribution < -0.4 is 5.73 Å². The van der Waals surface area contributed by atoms with Crippen LogP contribution >= 0.6 is 11.8 Å². The van der Waals surface area contributed by atoms with Crippen LogP contribution in [0.1, 0.15) is 0 Å². The zero-order chi connectivity index (χ0) is 19.1. The molecular formula is C8H6F13NS. The number of rotatable bonds is 7. The van der Waals surface area contributed by atoms with Crippen LogP contribution in [0.3, 0.4) is 0 Å². The first-order valence-electron chi connectivity index (χ1n) is 5.11. The largest absolute Gasteiger partial charge is 0.460 e. The van der Waals surface area contributed by atoms with Gasteiger partial charge in [0, 0.05) is 12.3 Å². The Bertz CT molecular complexity index is 415. The van der Waals surface area contributed by atoms with Gasteiger partial charge in [-0.3, -0.25) is 0 Å². The molecule has 0 bridgehead atoms. The number of alkyl halides is 13. The predicted molar refractivity (Wildman–Crippen MR) is 52.3 cm³/mol. The maximum Gasteiger partial charge on any atom is 0.460 e. The van der Waals surface area contributed by atoms with Gasteiger partial charge in [-0.15, -0.1) is 0 Å². The smallest absolute Gasteiger partial charge is 0.330 e. The summed E-state index contributed by atoms with van der Waals surface area (Å²) in [6, 6.07) is 0. The highest BCUT2D eigenvalue weighted by Gasteiger charge is 2.90. The van der Waals surface area contributed by atoms with Crippen LogP contribution in [0.5, 0.6) is 0 Å². The quantitative estimate of drug-likeness (QED) is 0.648. The third kappa shape index (κ3) is 3.30. The lowest BCUT2D eigenvalue weighted by molar-refractivity contribution is -0.433. The predicted octanol–water partition coefficient (Wildman–Crippen LogP) is 4.37. The highest BCUT2D eigenvalue weighted by molar-refractivity contribution is 8.00. The molecule has 0 aliphatic heterocycles. The molecule has 2 N–H and O–H groups in total. The van der Waals surface area contributed by atoms with E-state index in [0.29, 0.717) is 0 Å². The maximum atomic E-state index is 13.0. The van der Waals surface area contributed by atoms with E-state index in [4.69, 9.17) is 0 Å². The Morgan fingerprint density at radius 2 is 0.913 bits per heavy atom. The molecule has 0 rings (SSSR count). The van der Waals surface area contributed by atoms with Gasteiger partial charge in [0.1, 0.15) is 0 Å². The van der Waals surface area contributed by atoms with Gasteiger partial charge in [0.05, 0.1) is 0 Å². The normalized spacial score (nSPS) is 15.9. The van der Waals surface area contributed by atoms with E-state index < -0.39 is 59.2 Å². The molecule has 0 aromatic carbocycles. The van der Waals surface area contributed by atoms with Gasteiger partial charge in [0.25, 0.3) is 0 Å². The van der Waals surface area contributed by atoms with Crippen molar-refractivity contribution in [3.05, 3.63) is 0 Å². The third-order valence-electron chi connectivity index (χ3n) is 2.31. The van der Waals surface area contributed by atoms with Crippen LogP contribution in [0.15, 0.2) is 0 Å². The number of hydrogen-bond acceptors (Lipinski definition) is 2. The molecule has 0 fully saturated rings. The van der Waals surface area contributed by atoms with Crippen molar-refractivity contribution >= 4 is 11.8 Å². The number of hydrogen-bond donors (Lipinski definition) is 1. The lowest BCUT2D eigenvalue weighted by atomic mass is 9.98. The van der Waals surface area contributed by atoms with Crippen molar-refractivity contribution in [2.45, 2.75) is 35.1 Å². The van der Waals surface area contributed by atoms with Gasteiger partial charge in [-0.25, -0.2) is 0 Å². The SMILES string of the molecule is NCCSC(F)(F)C(F)(F)C(F)(F)C(F)(F)C(F)(F)C(F)(F)F. The molecule has 0 amide bonds. The molecule has 0 saturated carbocycles. The molecule has 0 radical (unpaired) electrons. The van der Waals surface area contributed by atoms with Gasteiger partial charge in [0.2, 0.25) is 0 Å². The minimum atomic E-state index is -7.85. The van der Waals surface area contributed by atoms with Crippen LogP contribution in [0.25, 0.3) is 0 Å². The maximum absolute atomic E-state index is 13.0. The molecule has 15 heteroatoms. The van der Waals surface area contributed by atoms with Gasteiger partial charge in [0.15, 0.2) is 0 Å². The van der Waals surface area contributed by atoms with Gasteiger partial charge in [-0.2, -0.15) is 57.1 Å². The first kappa shape index (κ1) is 22.4. The molecule has 0 aliphatic carbocycles. The van der Waals surface area contributed by atoms with Crippen molar-refractivity contribution in [1.82, 2.24) is 0 Å². The zero-order valence-electron chi connectivity index (χ0n) is 10.3. The fraction of sp³-hybridized carbons (Fsp3) is 1.00. The van der Waals surface area contributed by atoms with Crippen molar-refractivity contribution in [1.29, 1.82) is 0 Å². The van der Waals surface area contributed by atoms with E-state index >= 15 is 0 Å². The highest BCUT2D eigenvalue weighted by atomic mass is 32.2. The van der Waals surface area contributed by atoms with Crippen molar-refractivity contribution < 1.29 is 57.1 Å². The molecule has 0 saturated heterocycles. The molecular weight excluding hydrogens is 389 g/mol. The van der Waals surface area contributed by atoms with Crippen molar-refractivity contribution in [2.24, 2.45) is 5.73 Å². The van der Waals surface area contributed by atoms with E-state index in [0.717, 1.165) is 0 Å². The molecule has 0 aromatic rings. The van der Waals surface area contributed by atoms with Crippen molar-refractivity contribution in [2.75, 3.05) is 12.3 Å². The van der Waals surface area contributed by atoms with Crippen LogP contribution in [-0.2, 0) is 0 Å². The van der Waals surface area contributed by atoms with E-state index in [1.165, 1.54) is 0 Å². The summed E-state index contributed by atoms with van der Waals surface area (Å²) in [5.41, 5.74) is 4.60. The summed E-state index contributed by atoms with van der Waals surface area (Å²) in [4.78, 5) is 0. The van der Waals surface area contributed by atoms with Crippen molar-refractivity contribution in [3.8, 4) is 0 Å². The lowest BCUT2D eigenvalue weighted by Crippen LogP contribution is -2.69. The molecule has 0 unspecified atom stereocenters. The Morgan fingerprint density at radius 1 is 0.565 bits per heavy atom. The summed E-state index contributed by atoms with van der Waals surface area (Å²) in [5.74, 6) is -31.7. The van der Waals surface area contributed by atoms with E-state index in [9.17, 15) is 57.1 Å². The summed E-state index contributed by atoms with van der Waals surface area (Å²) >= 11 is -1.40. The summed E-state index contributed by atoms with van der Waals surface area (Å²) in [7, 11) is 0. The van der Waals surface area contributed by atoms with Gasteiger partial charge in [-0.1, -0.05) is 11.8 Å². The van der Waals surface area contributed by atoms with E-state index in [2.05, 4.69) is 5.73 Å². The second kappa shape index (κ2) is 6.04. The van der Waals surface area contributed by atoms with Crippen LogP contribution in [0.2, 0.25) is 0 Å². The Morgan fingerprint density at radius 3 is 1.22 bits per heavy atom. The molecule has 0 aromatic heterocycles. The van der Waals surface area contributed by atoms with E-state index in [1.807, 2.05) is 0 Å². The minimum Gasteiger partial charge on any atom is -0.330 e.